The van der Waals surface area contributed by atoms with E-state index in [0.717, 1.165) is 25.9 Å². The van der Waals surface area contributed by atoms with Crippen LogP contribution in [-0.2, 0) is 0 Å². The first-order chi connectivity index (χ1) is 9.15. The molecule has 0 spiro atoms. The van der Waals surface area contributed by atoms with E-state index in [2.05, 4.69) is 24.1 Å². The molecule has 0 aromatic carbocycles. The molecule has 1 N–H and O–H groups in total. The van der Waals surface area contributed by atoms with E-state index in [0.29, 0.717) is 23.3 Å². The van der Waals surface area contributed by atoms with Gasteiger partial charge in [0.1, 0.15) is 5.82 Å². The third-order valence-electron chi connectivity index (χ3n) is 3.71. The molecule has 1 unspecified atom stereocenters. The van der Waals surface area contributed by atoms with Crippen LogP contribution < -0.4 is 5.32 Å². The van der Waals surface area contributed by atoms with Gasteiger partial charge < -0.3 is 10.2 Å². The van der Waals surface area contributed by atoms with E-state index in [-0.39, 0.29) is 5.91 Å². The van der Waals surface area contributed by atoms with Crippen molar-refractivity contribution >= 4 is 11.7 Å². The summed E-state index contributed by atoms with van der Waals surface area (Å²) in [5.74, 6) is 1.32. The van der Waals surface area contributed by atoms with Gasteiger partial charge in [-0.15, -0.1) is 0 Å². The Hall–Kier alpha value is -1.58. The van der Waals surface area contributed by atoms with Gasteiger partial charge >= 0.3 is 0 Å². The second kappa shape index (κ2) is 6.04. The third kappa shape index (κ3) is 2.88. The fourth-order valence-corrected chi connectivity index (χ4v) is 2.78. The maximum Gasteiger partial charge on any atom is 0.257 e. The van der Waals surface area contributed by atoms with Crippen molar-refractivity contribution in [3.63, 3.8) is 0 Å². The smallest absolute Gasteiger partial charge is 0.257 e. The van der Waals surface area contributed by atoms with Gasteiger partial charge in [0.25, 0.3) is 5.91 Å². The number of nitrogens with one attached hydrogen (secondary N) is 1. The van der Waals surface area contributed by atoms with Crippen molar-refractivity contribution in [3.8, 4) is 0 Å². The molecule has 1 aromatic rings. The molecule has 2 heterocycles. The van der Waals surface area contributed by atoms with Crippen LogP contribution in [0, 0.1) is 5.92 Å². The topological polar surface area (TPSA) is 45.2 Å². The summed E-state index contributed by atoms with van der Waals surface area (Å²) in [5.41, 5.74) is 0.692. The number of rotatable bonds is 4. The van der Waals surface area contributed by atoms with Gasteiger partial charge in [-0.1, -0.05) is 13.8 Å². The van der Waals surface area contributed by atoms with Crippen molar-refractivity contribution in [2.24, 2.45) is 5.92 Å². The summed E-state index contributed by atoms with van der Waals surface area (Å²) in [6.07, 6.45) is 3.93. The van der Waals surface area contributed by atoms with Crippen LogP contribution in [0.2, 0.25) is 0 Å². The Bertz CT molecular complexity index is 445. The largest absolute Gasteiger partial charge is 0.370 e. The second-order valence-electron chi connectivity index (χ2n) is 5.38. The molecule has 1 aliphatic rings. The molecule has 1 atom stereocenters. The Kier molecular flexibility index (Phi) is 4.40. The van der Waals surface area contributed by atoms with E-state index in [1.165, 1.54) is 0 Å². The quantitative estimate of drug-likeness (QED) is 0.906. The Morgan fingerprint density at radius 2 is 2.37 bits per heavy atom. The van der Waals surface area contributed by atoms with Crippen LogP contribution in [0.25, 0.3) is 0 Å². The first-order valence-electron chi connectivity index (χ1n) is 7.15. The van der Waals surface area contributed by atoms with Gasteiger partial charge in [0.15, 0.2) is 0 Å². The van der Waals surface area contributed by atoms with Gasteiger partial charge in [0.2, 0.25) is 0 Å². The molecule has 4 heteroatoms. The number of likely N-dealkylation sites (tertiary alicyclic amines) is 1. The van der Waals surface area contributed by atoms with Crippen LogP contribution in [0.15, 0.2) is 18.3 Å². The zero-order valence-corrected chi connectivity index (χ0v) is 12.0. The minimum absolute atomic E-state index is 0.111. The van der Waals surface area contributed by atoms with Crippen molar-refractivity contribution in [2.45, 2.75) is 39.7 Å². The van der Waals surface area contributed by atoms with Gasteiger partial charge in [-0.3, -0.25) is 4.79 Å². The van der Waals surface area contributed by atoms with Crippen LogP contribution in [-0.4, -0.2) is 34.9 Å². The SMILES string of the molecule is CCNc1ncccc1C(=O)N1CCCC1C(C)C. The Morgan fingerprint density at radius 1 is 1.58 bits per heavy atom. The predicted molar refractivity (Wildman–Crippen MR) is 77.3 cm³/mol. The Balaban J connectivity index is 2.24. The van der Waals surface area contributed by atoms with Crippen molar-refractivity contribution < 1.29 is 4.79 Å². The molecule has 1 saturated heterocycles. The van der Waals surface area contributed by atoms with Gasteiger partial charge in [-0.25, -0.2) is 4.98 Å². The lowest BCUT2D eigenvalue weighted by molar-refractivity contribution is 0.0702. The number of nitrogens with zero attached hydrogens (tertiary/aromatic N) is 2. The molecular weight excluding hydrogens is 238 g/mol. The van der Waals surface area contributed by atoms with Crippen LogP contribution >= 0.6 is 0 Å². The summed E-state index contributed by atoms with van der Waals surface area (Å²) in [5, 5.41) is 3.17. The summed E-state index contributed by atoms with van der Waals surface area (Å²) >= 11 is 0. The van der Waals surface area contributed by atoms with Crippen LogP contribution in [0.1, 0.15) is 44.0 Å². The summed E-state index contributed by atoms with van der Waals surface area (Å²) < 4.78 is 0. The molecule has 1 amide bonds. The van der Waals surface area contributed by atoms with Crippen LogP contribution in [0.3, 0.4) is 0 Å². The number of pyridine rings is 1. The molecule has 0 aliphatic carbocycles. The van der Waals surface area contributed by atoms with Crippen LogP contribution in [0.4, 0.5) is 5.82 Å². The normalized spacial score (nSPS) is 18.9. The molecule has 1 aromatic heterocycles. The summed E-state index contributed by atoms with van der Waals surface area (Å²) in [4.78, 5) is 19.0. The van der Waals surface area contributed by atoms with Crippen LogP contribution in [0.5, 0.6) is 0 Å². The molecule has 0 bridgehead atoms. The average molecular weight is 261 g/mol. The third-order valence-corrected chi connectivity index (χ3v) is 3.71. The molecule has 4 nitrogen and oxygen atoms in total. The number of aromatic nitrogens is 1. The van der Waals surface area contributed by atoms with E-state index >= 15 is 0 Å². The van der Waals surface area contributed by atoms with E-state index < -0.39 is 0 Å². The maximum absolute atomic E-state index is 12.7. The number of carbonyl (C=O) groups is 1. The molecule has 1 aliphatic heterocycles. The molecule has 19 heavy (non-hydrogen) atoms. The molecule has 2 rings (SSSR count). The summed E-state index contributed by atoms with van der Waals surface area (Å²) in [7, 11) is 0. The van der Waals surface area contributed by atoms with Gasteiger partial charge in [-0.05, 0) is 37.8 Å². The first kappa shape index (κ1) is 13.8. The Morgan fingerprint density at radius 3 is 3.05 bits per heavy atom. The fourth-order valence-electron chi connectivity index (χ4n) is 2.78. The average Bonchev–Trinajstić information content (AvgIpc) is 2.88. The number of anilines is 1. The number of hydrogen-bond donors (Lipinski definition) is 1. The first-order valence-corrected chi connectivity index (χ1v) is 7.15. The highest BCUT2D eigenvalue weighted by molar-refractivity contribution is 5.99. The van der Waals surface area contributed by atoms with Crippen molar-refractivity contribution in [2.75, 3.05) is 18.4 Å². The highest BCUT2D eigenvalue weighted by atomic mass is 16.2. The summed E-state index contributed by atoms with van der Waals surface area (Å²) in [6.45, 7) is 8.01. The monoisotopic (exact) mass is 261 g/mol. The molecule has 0 radical (unpaired) electrons. The second-order valence-corrected chi connectivity index (χ2v) is 5.38. The highest BCUT2D eigenvalue weighted by Gasteiger charge is 2.32. The molecular formula is C15H23N3O. The molecule has 0 saturated carbocycles. The minimum Gasteiger partial charge on any atom is -0.370 e. The minimum atomic E-state index is 0.111. The van der Waals surface area contributed by atoms with Crippen molar-refractivity contribution in [1.29, 1.82) is 0 Å². The van der Waals surface area contributed by atoms with Gasteiger partial charge in [0, 0.05) is 25.3 Å². The van der Waals surface area contributed by atoms with Gasteiger partial charge in [-0.2, -0.15) is 0 Å². The number of hydrogen-bond acceptors (Lipinski definition) is 3. The lowest BCUT2D eigenvalue weighted by Crippen LogP contribution is -2.38. The van der Waals surface area contributed by atoms with E-state index in [1.807, 2.05) is 24.0 Å². The van der Waals surface area contributed by atoms with Crippen molar-refractivity contribution in [1.82, 2.24) is 9.88 Å². The standard InChI is InChI=1S/C15H23N3O/c1-4-16-14-12(7-5-9-17-14)15(19)18-10-6-8-13(18)11(2)3/h5,7,9,11,13H,4,6,8,10H2,1-3H3,(H,16,17). The lowest BCUT2D eigenvalue weighted by atomic mass is 10.0. The lowest BCUT2D eigenvalue weighted by Gasteiger charge is -2.28. The fraction of sp³-hybridized carbons (Fsp3) is 0.600. The van der Waals surface area contributed by atoms with E-state index in [9.17, 15) is 4.79 Å². The Labute approximate surface area is 115 Å². The van der Waals surface area contributed by atoms with Gasteiger partial charge in [0.05, 0.1) is 5.56 Å². The maximum atomic E-state index is 12.7. The highest BCUT2D eigenvalue weighted by Crippen LogP contribution is 2.26. The van der Waals surface area contributed by atoms with E-state index in [1.54, 1.807) is 6.20 Å². The zero-order valence-electron chi connectivity index (χ0n) is 12.0. The molecule has 1 fully saturated rings. The number of carbonyl (C=O) groups excluding carboxylic acids is 1. The van der Waals surface area contributed by atoms with E-state index in [4.69, 9.17) is 0 Å². The predicted octanol–water partition coefficient (Wildman–Crippen LogP) is 2.77. The number of amides is 1. The summed E-state index contributed by atoms with van der Waals surface area (Å²) in [6, 6.07) is 4.06. The molecule has 104 valence electrons. The zero-order chi connectivity index (χ0) is 13.8. The van der Waals surface area contributed by atoms with Crippen molar-refractivity contribution in [3.05, 3.63) is 23.9 Å².